The molecule has 1 aliphatic heterocycles. The van der Waals surface area contributed by atoms with Crippen molar-refractivity contribution < 1.29 is 4.39 Å². The van der Waals surface area contributed by atoms with Gasteiger partial charge in [0.05, 0.1) is 11.7 Å². The van der Waals surface area contributed by atoms with Crippen molar-refractivity contribution >= 4 is 22.9 Å². The van der Waals surface area contributed by atoms with Gasteiger partial charge in [-0.05, 0) is 37.6 Å². The minimum atomic E-state index is -0.317. The first-order chi connectivity index (χ1) is 8.74. The third kappa shape index (κ3) is 2.28. The van der Waals surface area contributed by atoms with Gasteiger partial charge in [0.1, 0.15) is 10.8 Å². The Kier molecular flexibility index (Phi) is 3.33. The first-order valence-corrected chi connectivity index (χ1v) is 7.14. The van der Waals surface area contributed by atoms with Crippen LogP contribution in [-0.2, 0) is 0 Å². The second-order valence-corrected chi connectivity index (χ2v) is 5.65. The molecular formula is C13H12ClFN2S. The number of hydrogen-bond donors (Lipinski definition) is 1. The molecule has 1 N–H and O–H groups in total. The van der Waals surface area contributed by atoms with E-state index in [0.717, 1.165) is 18.7 Å². The highest BCUT2D eigenvalue weighted by Crippen LogP contribution is 2.31. The summed E-state index contributed by atoms with van der Waals surface area (Å²) in [4.78, 5) is 4.53. The van der Waals surface area contributed by atoms with E-state index < -0.39 is 0 Å². The molecule has 1 aromatic heterocycles. The third-order valence-corrected chi connectivity index (χ3v) is 4.23. The number of nitrogens with zero attached hydrogens (tertiary/aromatic N) is 1. The van der Waals surface area contributed by atoms with E-state index in [4.69, 9.17) is 11.6 Å². The average Bonchev–Trinajstić information content (AvgIpc) is 2.99. The van der Waals surface area contributed by atoms with Crippen LogP contribution in [0.25, 0.3) is 10.6 Å². The summed E-state index contributed by atoms with van der Waals surface area (Å²) in [6.07, 6.45) is 2.28. The summed E-state index contributed by atoms with van der Waals surface area (Å²) in [6, 6.07) is 5.02. The van der Waals surface area contributed by atoms with E-state index in [9.17, 15) is 4.39 Å². The third-order valence-electron chi connectivity index (χ3n) is 3.10. The molecule has 94 valence electrons. The van der Waals surface area contributed by atoms with Crippen molar-refractivity contribution in [1.82, 2.24) is 10.3 Å². The summed E-state index contributed by atoms with van der Waals surface area (Å²) in [5.41, 5.74) is 1.54. The Morgan fingerprint density at radius 3 is 3.06 bits per heavy atom. The van der Waals surface area contributed by atoms with Crippen molar-refractivity contribution in [1.29, 1.82) is 0 Å². The fraction of sp³-hybridized carbons (Fsp3) is 0.308. The minimum Gasteiger partial charge on any atom is -0.309 e. The number of nitrogens with one attached hydrogen (secondary N) is 1. The normalized spacial score (nSPS) is 19.3. The Balaban J connectivity index is 1.92. The lowest BCUT2D eigenvalue weighted by Gasteiger charge is -2.05. The lowest BCUT2D eigenvalue weighted by Crippen LogP contribution is -2.12. The van der Waals surface area contributed by atoms with Crippen LogP contribution in [0.15, 0.2) is 23.6 Å². The number of rotatable bonds is 2. The first kappa shape index (κ1) is 12.1. The van der Waals surface area contributed by atoms with Crippen LogP contribution in [0.4, 0.5) is 4.39 Å². The lowest BCUT2D eigenvalue weighted by atomic mass is 10.2. The number of hydrogen-bond acceptors (Lipinski definition) is 3. The standard InChI is InChI=1S/C13H12ClFN2S/c14-8-3-4-9(10(15)6-8)13-17-12(7-18-13)11-2-1-5-16-11/h3-4,6-7,11,16H,1-2,5H2. The summed E-state index contributed by atoms with van der Waals surface area (Å²) in [5, 5.41) is 6.52. The van der Waals surface area contributed by atoms with Crippen LogP contribution < -0.4 is 5.32 Å². The Labute approximate surface area is 114 Å². The Morgan fingerprint density at radius 2 is 2.33 bits per heavy atom. The van der Waals surface area contributed by atoms with E-state index in [1.165, 1.54) is 23.8 Å². The fourth-order valence-corrected chi connectivity index (χ4v) is 3.23. The molecule has 0 radical (unpaired) electrons. The van der Waals surface area contributed by atoms with Gasteiger partial charge in [-0.15, -0.1) is 11.3 Å². The highest BCUT2D eigenvalue weighted by atomic mass is 35.5. The SMILES string of the molecule is Fc1cc(Cl)ccc1-c1nc(C2CCCN2)cs1. The quantitative estimate of drug-likeness (QED) is 0.900. The van der Waals surface area contributed by atoms with E-state index in [-0.39, 0.29) is 5.82 Å². The van der Waals surface area contributed by atoms with Crippen LogP contribution in [0.1, 0.15) is 24.6 Å². The number of benzene rings is 1. The van der Waals surface area contributed by atoms with Crippen LogP contribution in [0.5, 0.6) is 0 Å². The molecular weight excluding hydrogens is 271 g/mol. The Bertz CT molecular complexity index is 564. The van der Waals surface area contributed by atoms with Crippen molar-refractivity contribution in [3.05, 3.63) is 40.1 Å². The van der Waals surface area contributed by atoms with Gasteiger partial charge in [0.25, 0.3) is 0 Å². The molecule has 2 aromatic rings. The highest BCUT2D eigenvalue weighted by molar-refractivity contribution is 7.13. The molecule has 1 atom stereocenters. The zero-order valence-corrected chi connectivity index (χ0v) is 11.2. The van der Waals surface area contributed by atoms with E-state index >= 15 is 0 Å². The van der Waals surface area contributed by atoms with E-state index in [1.807, 2.05) is 5.38 Å². The van der Waals surface area contributed by atoms with Gasteiger partial charge < -0.3 is 5.32 Å². The molecule has 18 heavy (non-hydrogen) atoms. The summed E-state index contributed by atoms with van der Waals surface area (Å²) >= 11 is 7.22. The molecule has 0 bridgehead atoms. The smallest absolute Gasteiger partial charge is 0.134 e. The Hall–Kier alpha value is -0.970. The van der Waals surface area contributed by atoms with E-state index in [0.29, 0.717) is 21.6 Å². The molecule has 1 aromatic carbocycles. The number of aromatic nitrogens is 1. The molecule has 1 unspecified atom stereocenters. The lowest BCUT2D eigenvalue weighted by molar-refractivity contribution is 0.626. The molecule has 0 saturated carbocycles. The molecule has 1 fully saturated rings. The molecule has 2 nitrogen and oxygen atoms in total. The maximum absolute atomic E-state index is 13.8. The summed E-state index contributed by atoms with van der Waals surface area (Å²) in [6.45, 7) is 1.03. The molecule has 1 aliphatic rings. The van der Waals surface area contributed by atoms with Crippen LogP contribution >= 0.6 is 22.9 Å². The molecule has 1 saturated heterocycles. The summed E-state index contributed by atoms with van der Waals surface area (Å²) in [5.74, 6) is -0.317. The summed E-state index contributed by atoms with van der Waals surface area (Å²) in [7, 11) is 0. The van der Waals surface area contributed by atoms with Crippen molar-refractivity contribution in [2.24, 2.45) is 0 Å². The van der Waals surface area contributed by atoms with E-state index in [2.05, 4.69) is 10.3 Å². The minimum absolute atomic E-state index is 0.317. The van der Waals surface area contributed by atoms with E-state index in [1.54, 1.807) is 12.1 Å². The fourth-order valence-electron chi connectivity index (χ4n) is 2.17. The number of thiazole rings is 1. The zero-order chi connectivity index (χ0) is 12.5. The monoisotopic (exact) mass is 282 g/mol. The first-order valence-electron chi connectivity index (χ1n) is 5.88. The van der Waals surface area contributed by atoms with Crippen LogP contribution in [0.3, 0.4) is 0 Å². The van der Waals surface area contributed by atoms with Gasteiger partial charge in [-0.3, -0.25) is 0 Å². The van der Waals surface area contributed by atoms with Crippen molar-refractivity contribution in [2.75, 3.05) is 6.54 Å². The highest BCUT2D eigenvalue weighted by Gasteiger charge is 2.20. The van der Waals surface area contributed by atoms with Gasteiger partial charge >= 0.3 is 0 Å². The van der Waals surface area contributed by atoms with Gasteiger partial charge in [0, 0.05) is 16.0 Å². The molecule has 0 aliphatic carbocycles. The molecule has 2 heterocycles. The van der Waals surface area contributed by atoms with Crippen molar-refractivity contribution in [3.63, 3.8) is 0 Å². The largest absolute Gasteiger partial charge is 0.309 e. The average molecular weight is 283 g/mol. The predicted molar refractivity (Wildman–Crippen MR) is 72.5 cm³/mol. The second kappa shape index (κ2) is 4.96. The predicted octanol–water partition coefficient (Wildman–Crippen LogP) is 4.03. The van der Waals surface area contributed by atoms with Gasteiger partial charge in [0.2, 0.25) is 0 Å². The van der Waals surface area contributed by atoms with Gasteiger partial charge in [0.15, 0.2) is 0 Å². The van der Waals surface area contributed by atoms with Gasteiger partial charge in [-0.25, -0.2) is 9.37 Å². The van der Waals surface area contributed by atoms with Gasteiger partial charge in [-0.1, -0.05) is 11.6 Å². The van der Waals surface area contributed by atoms with Crippen molar-refractivity contribution in [2.45, 2.75) is 18.9 Å². The second-order valence-electron chi connectivity index (χ2n) is 4.35. The number of halogens is 2. The van der Waals surface area contributed by atoms with Gasteiger partial charge in [-0.2, -0.15) is 0 Å². The topological polar surface area (TPSA) is 24.9 Å². The molecule has 0 spiro atoms. The van der Waals surface area contributed by atoms with Crippen LogP contribution in [-0.4, -0.2) is 11.5 Å². The Morgan fingerprint density at radius 1 is 1.44 bits per heavy atom. The summed E-state index contributed by atoms with van der Waals surface area (Å²) < 4.78 is 13.8. The van der Waals surface area contributed by atoms with Crippen molar-refractivity contribution in [3.8, 4) is 10.6 Å². The van der Waals surface area contributed by atoms with Crippen LogP contribution in [0, 0.1) is 5.82 Å². The maximum atomic E-state index is 13.8. The molecule has 5 heteroatoms. The zero-order valence-electron chi connectivity index (χ0n) is 9.62. The molecule has 0 amide bonds. The maximum Gasteiger partial charge on any atom is 0.134 e. The van der Waals surface area contributed by atoms with Crippen LogP contribution in [0.2, 0.25) is 5.02 Å². The molecule has 3 rings (SSSR count).